The second-order valence-corrected chi connectivity index (χ2v) is 5.82. The molecule has 0 radical (unpaired) electrons. The first-order chi connectivity index (χ1) is 8.75. The SMILES string of the molecule is NC(=S)c1ccnnc1NCC(C1CC1)C1CC1. The summed E-state index contributed by atoms with van der Waals surface area (Å²) in [6.07, 6.45) is 7.20. The van der Waals surface area contributed by atoms with Crippen LogP contribution in [0.5, 0.6) is 0 Å². The average molecular weight is 262 g/mol. The van der Waals surface area contributed by atoms with E-state index in [0.717, 1.165) is 35.7 Å². The van der Waals surface area contributed by atoms with E-state index >= 15 is 0 Å². The Balaban J connectivity index is 1.66. The van der Waals surface area contributed by atoms with Crippen LogP contribution in [0, 0.1) is 17.8 Å². The van der Waals surface area contributed by atoms with Crippen LogP contribution >= 0.6 is 12.2 Å². The van der Waals surface area contributed by atoms with E-state index in [1.807, 2.05) is 6.07 Å². The zero-order valence-corrected chi connectivity index (χ0v) is 11.1. The fourth-order valence-corrected chi connectivity index (χ4v) is 2.81. The summed E-state index contributed by atoms with van der Waals surface area (Å²) in [6, 6.07) is 1.82. The third-order valence-corrected chi connectivity index (χ3v) is 4.17. The van der Waals surface area contributed by atoms with Crippen LogP contribution in [0.15, 0.2) is 12.3 Å². The van der Waals surface area contributed by atoms with Crippen LogP contribution < -0.4 is 11.1 Å². The van der Waals surface area contributed by atoms with Crippen molar-refractivity contribution in [1.29, 1.82) is 0 Å². The lowest BCUT2D eigenvalue weighted by Crippen LogP contribution is -2.21. The first-order valence-electron chi connectivity index (χ1n) is 6.61. The molecule has 0 saturated heterocycles. The van der Waals surface area contributed by atoms with E-state index in [1.54, 1.807) is 6.20 Å². The number of rotatable bonds is 6. The van der Waals surface area contributed by atoms with Gasteiger partial charge in [0.15, 0.2) is 5.82 Å². The fraction of sp³-hybridized carbons (Fsp3) is 0.615. The molecule has 1 aromatic heterocycles. The van der Waals surface area contributed by atoms with Crippen molar-refractivity contribution in [2.24, 2.45) is 23.5 Å². The molecule has 1 heterocycles. The Labute approximate surface area is 112 Å². The van der Waals surface area contributed by atoms with Crippen molar-refractivity contribution in [1.82, 2.24) is 10.2 Å². The maximum atomic E-state index is 5.69. The number of thiocarbonyl (C=S) groups is 1. The highest BCUT2D eigenvalue weighted by atomic mass is 32.1. The van der Waals surface area contributed by atoms with Crippen LogP contribution in [0.4, 0.5) is 5.82 Å². The van der Waals surface area contributed by atoms with Crippen molar-refractivity contribution >= 4 is 23.0 Å². The van der Waals surface area contributed by atoms with Crippen LogP contribution in [0.2, 0.25) is 0 Å². The highest BCUT2D eigenvalue weighted by Crippen LogP contribution is 2.49. The quantitative estimate of drug-likeness (QED) is 0.767. The Hall–Kier alpha value is -1.23. The molecule has 0 spiro atoms. The van der Waals surface area contributed by atoms with Crippen LogP contribution in [0.25, 0.3) is 0 Å². The molecule has 3 rings (SSSR count). The number of nitrogens with two attached hydrogens (primary N) is 1. The number of anilines is 1. The van der Waals surface area contributed by atoms with E-state index in [4.69, 9.17) is 18.0 Å². The molecule has 2 fully saturated rings. The smallest absolute Gasteiger partial charge is 0.158 e. The highest BCUT2D eigenvalue weighted by molar-refractivity contribution is 7.80. The summed E-state index contributed by atoms with van der Waals surface area (Å²) in [5.41, 5.74) is 6.49. The fourth-order valence-electron chi connectivity index (χ4n) is 2.64. The Morgan fingerprint density at radius 2 is 2.06 bits per heavy atom. The van der Waals surface area contributed by atoms with Gasteiger partial charge in [-0.15, -0.1) is 5.10 Å². The summed E-state index contributed by atoms with van der Waals surface area (Å²) in [6.45, 7) is 0.976. The van der Waals surface area contributed by atoms with Gasteiger partial charge in [0.25, 0.3) is 0 Å². The Morgan fingerprint density at radius 1 is 1.39 bits per heavy atom. The number of nitrogens with zero attached hydrogens (tertiary/aromatic N) is 2. The number of hydrogen-bond donors (Lipinski definition) is 2. The minimum absolute atomic E-state index is 0.377. The first-order valence-corrected chi connectivity index (χ1v) is 7.02. The van der Waals surface area contributed by atoms with Gasteiger partial charge in [-0.25, -0.2) is 0 Å². The lowest BCUT2D eigenvalue weighted by atomic mass is 9.98. The molecule has 0 atom stereocenters. The summed E-state index contributed by atoms with van der Waals surface area (Å²) >= 11 is 5.03. The summed E-state index contributed by atoms with van der Waals surface area (Å²) in [5.74, 6) is 3.38. The third kappa shape index (κ3) is 2.61. The third-order valence-electron chi connectivity index (χ3n) is 3.95. The summed E-state index contributed by atoms with van der Waals surface area (Å²) < 4.78 is 0. The first kappa shape index (κ1) is 11.8. The number of nitrogens with one attached hydrogen (secondary N) is 1. The standard InChI is InChI=1S/C13H18N4S/c14-12(18)10-5-6-16-17-13(10)15-7-11(8-1-2-8)9-3-4-9/h5-6,8-9,11H,1-4,7H2,(H2,14,18)(H,15,17). The van der Waals surface area contributed by atoms with Crippen molar-refractivity contribution in [3.05, 3.63) is 17.8 Å². The van der Waals surface area contributed by atoms with Gasteiger partial charge in [0.2, 0.25) is 0 Å². The molecule has 0 unspecified atom stereocenters. The van der Waals surface area contributed by atoms with Gasteiger partial charge in [0, 0.05) is 6.54 Å². The molecule has 5 heteroatoms. The topological polar surface area (TPSA) is 63.8 Å². The van der Waals surface area contributed by atoms with Crippen molar-refractivity contribution in [3.8, 4) is 0 Å². The van der Waals surface area contributed by atoms with E-state index in [9.17, 15) is 0 Å². The van der Waals surface area contributed by atoms with Gasteiger partial charge in [0.05, 0.1) is 11.8 Å². The molecule has 2 saturated carbocycles. The van der Waals surface area contributed by atoms with E-state index in [-0.39, 0.29) is 0 Å². The summed E-state index contributed by atoms with van der Waals surface area (Å²) in [4.78, 5) is 0.377. The van der Waals surface area contributed by atoms with Gasteiger partial charge in [-0.3, -0.25) is 0 Å². The molecule has 2 aliphatic rings. The Morgan fingerprint density at radius 3 is 2.61 bits per heavy atom. The zero-order chi connectivity index (χ0) is 12.5. The van der Waals surface area contributed by atoms with E-state index in [2.05, 4.69) is 15.5 Å². The van der Waals surface area contributed by atoms with Gasteiger partial charge >= 0.3 is 0 Å². The van der Waals surface area contributed by atoms with Gasteiger partial charge in [0.1, 0.15) is 4.99 Å². The Bertz CT molecular complexity index is 442. The summed E-state index contributed by atoms with van der Waals surface area (Å²) in [5, 5.41) is 11.4. The number of aromatic nitrogens is 2. The van der Waals surface area contributed by atoms with Gasteiger partial charge in [-0.1, -0.05) is 12.2 Å². The van der Waals surface area contributed by atoms with Gasteiger partial charge in [-0.2, -0.15) is 5.10 Å². The molecule has 2 aliphatic carbocycles. The molecule has 18 heavy (non-hydrogen) atoms. The Kier molecular flexibility index (Phi) is 3.16. The second kappa shape index (κ2) is 4.80. The minimum atomic E-state index is 0.377. The van der Waals surface area contributed by atoms with Crippen molar-refractivity contribution in [2.45, 2.75) is 25.7 Å². The summed E-state index contributed by atoms with van der Waals surface area (Å²) in [7, 11) is 0. The molecule has 0 aliphatic heterocycles. The highest BCUT2D eigenvalue weighted by Gasteiger charge is 2.41. The molecule has 0 bridgehead atoms. The van der Waals surface area contributed by atoms with Crippen LogP contribution in [0.3, 0.4) is 0 Å². The van der Waals surface area contributed by atoms with Crippen molar-refractivity contribution in [2.75, 3.05) is 11.9 Å². The van der Waals surface area contributed by atoms with Crippen LogP contribution in [0.1, 0.15) is 31.2 Å². The molecule has 4 nitrogen and oxygen atoms in total. The molecule has 0 amide bonds. The van der Waals surface area contributed by atoms with E-state index in [1.165, 1.54) is 25.7 Å². The minimum Gasteiger partial charge on any atom is -0.389 e. The van der Waals surface area contributed by atoms with Crippen molar-refractivity contribution < 1.29 is 0 Å². The molecular weight excluding hydrogens is 244 g/mol. The molecular formula is C13H18N4S. The van der Waals surface area contributed by atoms with Crippen LogP contribution in [-0.4, -0.2) is 21.7 Å². The largest absolute Gasteiger partial charge is 0.389 e. The normalized spacial score (nSPS) is 18.9. The second-order valence-electron chi connectivity index (χ2n) is 5.38. The maximum Gasteiger partial charge on any atom is 0.158 e. The molecule has 3 N–H and O–H groups in total. The van der Waals surface area contributed by atoms with Crippen LogP contribution in [-0.2, 0) is 0 Å². The van der Waals surface area contributed by atoms with Crippen molar-refractivity contribution in [3.63, 3.8) is 0 Å². The predicted octanol–water partition coefficient (Wildman–Crippen LogP) is 1.96. The maximum absolute atomic E-state index is 5.69. The van der Waals surface area contributed by atoms with E-state index in [0.29, 0.717) is 4.99 Å². The lowest BCUT2D eigenvalue weighted by Gasteiger charge is -2.17. The zero-order valence-electron chi connectivity index (χ0n) is 10.3. The lowest BCUT2D eigenvalue weighted by molar-refractivity contribution is 0.427. The molecule has 0 aromatic carbocycles. The number of hydrogen-bond acceptors (Lipinski definition) is 4. The monoisotopic (exact) mass is 262 g/mol. The molecule has 1 aromatic rings. The predicted molar refractivity (Wildman–Crippen MR) is 75.3 cm³/mol. The van der Waals surface area contributed by atoms with Gasteiger partial charge in [-0.05, 0) is 49.5 Å². The van der Waals surface area contributed by atoms with E-state index < -0.39 is 0 Å². The van der Waals surface area contributed by atoms with Gasteiger partial charge < -0.3 is 11.1 Å². The molecule has 96 valence electrons. The average Bonchev–Trinajstić information content (AvgIpc) is 3.24.